The number of guanidine groups is 1. The second kappa shape index (κ2) is 9.73. The van der Waals surface area contributed by atoms with Crippen LogP contribution in [0.25, 0.3) is 0 Å². The summed E-state index contributed by atoms with van der Waals surface area (Å²) in [6.45, 7) is -1.47. The highest BCUT2D eigenvalue weighted by Crippen LogP contribution is 2.28. The number of nitrogens with zero attached hydrogens (tertiary/aromatic N) is 2. The molecule has 1 amide bonds. The first-order valence-corrected chi connectivity index (χ1v) is 8.86. The first-order valence-electron chi connectivity index (χ1n) is 8.86. The Balaban J connectivity index is 2.18. The molecule has 0 bridgehead atoms. The van der Waals surface area contributed by atoms with E-state index in [1.807, 2.05) is 0 Å². The molecule has 0 aliphatic carbocycles. The Morgan fingerprint density at radius 2 is 1.97 bits per heavy atom. The number of carbonyl (C=O) groups excluding carboxylic acids is 2. The molecule has 29 heavy (non-hydrogen) atoms. The van der Waals surface area contributed by atoms with Crippen LogP contribution in [0.1, 0.15) is 0 Å². The molecule has 11 N–H and O–H groups in total. The van der Waals surface area contributed by atoms with Crippen LogP contribution in [-0.4, -0.2) is 128 Å². The Hall–Kier alpha value is -1.91. The van der Waals surface area contributed by atoms with E-state index in [-0.39, 0.29) is 12.5 Å². The highest BCUT2D eigenvalue weighted by molar-refractivity contribution is 5.85. The second-order valence-electron chi connectivity index (χ2n) is 6.84. The number of aliphatic hydroxyl groups is 6. The summed E-state index contributed by atoms with van der Waals surface area (Å²) in [6, 6.07) is -3.84. The van der Waals surface area contributed by atoms with Gasteiger partial charge in [0.15, 0.2) is 12.2 Å². The standard InChI is InChI=1S/C15H27N5O9/c16-8(13(28)19-5(2-21)3-22)9(24)6-1-18-15(17)20(6)14-12(27)11(26)10(25)7(4-23)29-14/h2,5-12,14,22-27H,1,3-4,16H2,(H2,17,18)(H,19,28). The van der Waals surface area contributed by atoms with Gasteiger partial charge in [-0.1, -0.05) is 0 Å². The molecule has 0 spiro atoms. The fourth-order valence-electron chi connectivity index (χ4n) is 3.23. The van der Waals surface area contributed by atoms with Crippen LogP contribution in [0.5, 0.6) is 0 Å². The molecule has 0 aromatic carbocycles. The van der Waals surface area contributed by atoms with E-state index in [1.54, 1.807) is 0 Å². The highest BCUT2D eigenvalue weighted by Gasteiger charge is 2.50. The van der Waals surface area contributed by atoms with Crippen molar-refractivity contribution in [3.63, 3.8) is 0 Å². The van der Waals surface area contributed by atoms with Gasteiger partial charge in [0.1, 0.15) is 48.9 Å². The largest absolute Gasteiger partial charge is 0.394 e. The van der Waals surface area contributed by atoms with Crippen molar-refractivity contribution in [2.45, 2.75) is 54.9 Å². The quantitative estimate of drug-likeness (QED) is 0.166. The predicted octanol–water partition coefficient (Wildman–Crippen LogP) is -6.85. The Morgan fingerprint density at radius 1 is 1.31 bits per heavy atom. The van der Waals surface area contributed by atoms with Gasteiger partial charge in [0, 0.05) is 0 Å². The van der Waals surface area contributed by atoms with Crippen molar-refractivity contribution in [3.8, 4) is 0 Å². The Bertz CT molecular complexity index is 621. The van der Waals surface area contributed by atoms with Gasteiger partial charge in [-0.25, -0.2) is 0 Å². The Labute approximate surface area is 165 Å². The zero-order valence-corrected chi connectivity index (χ0v) is 15.4. The van der Waals surface area contributed by atoms with Crippen LogP contribution in [0, 0.1) is 0 Å². The van der Waals surface area contributed by atoms with E-state index in [2.05, 4.69) is 10.3 Å². The van der Waals surface area contributed by atoms with Gasteiger partial charge in [0.2, 0.25) is 5.91 Å². The molecule has 1 saturated heterocycles. The minimum atomic E-state index is -1.69. The van der Waals surface area contributed by atoms with Crippen LogP contribution in [0.15, 0.2) is 4.99 Å². The summed E-state index contributed by atoms with van der Waals surface area (Å²) in [5.74, 6) is -1.12. The Kier molecular flexibility index (Phi) is 7.84. The number of hydrogen-bond acceptors (Lipinski definition) is 13. The third-order valence-electron chi connectivity index (χ3n) is 4.96. The van der Waals surface area contributed by atoms with Crippen LogP contribution in [0.4, 0.5) is 0 Å². The fraction of sp³-hybridized carbons (Fsp3) is 0.800. The summed E-state index contributed by atoms with van der Waals surface area (Å²) in [6.07, 6.45) is -8.92. The van der Waals surface area contributed by atoms with E-state index in [4.69, 9.17) is 21.3 Å². The summed E-state index contributed by atoms with van der Waals surface area (Å²) in [5.41, 5.74) is 11.6. The third-order valence-corrected chi connectivity index (χ3v) is 4.96. The molecular formula is C15H27N5O9. The van der Waals surface area contributed by atoms with E-state index in [1.165, 1.54) is 0 Å². The van der Waals surface area contributed by atoms with E-state index in [0.717, 1.165) is 4.90 Å². The van der Waals surface area contributed by atoms with Gasteiger partial charge in [0.05, 0.1) is 25.8 Å². The number of aldehydes is 1. The fourth-order valence-corrected chi connectivity index (χ4v) is 3.23. The van der Waals surface area contributed by atoms with Crippen LogP contribution >= 0.6 is 0 Å². The maximum Gasteiger partial charge on any atom is 0.240 e. The van der Waals surface area contributed by atoms with Gasteiger partial charge >= 0.3 is 0 Å². The average Bonchev–Trinajstić information content (AvgIpc) is 3.10. The van der Waals surface area contributed by atoms with Gasteiger partial charge in [-0.05, 0) is 0 Å². The number of aliphatic imine (C=N–C) groups is 1. The van der Waals surface area contributed by atoms with Crippen molar-refractivity contribution in [2.24, 2.45) is 16.5 Å². The maximum atomic E-state index is 12.2. The molecule has 14 nitrogen and oxygen atoms in total. The zero-order valence-electron chi connectivity index (χ0n) is 15.4. The van der Waals surface area contributed by atoms with Crippen molar-refractivity contribution < 1.29 is 45.0 Å². The SMILES string of the molecule is NC1=NCC(C(O)C(N)C(=O)NC(C=O)CO)N1C1OC(CO)C(O)C(O)C1O. The number of aliphatic hydroxyl groups excluding tert-OH is 6. The lowest BCUT2D eigenvalue weighted by atomic mass is 9.95. The molecule has 9 unspecified atom stereocenters. The number of ether oxygens (including phenoxy) is 1. The molecule has 0 aromatic rings. The van der Waals surface area contributed by atoms with E-state index < -0.39 is 74.0 Å². The number of hydrogen-bond donors (Lipinski definition) is 9. The summed E-state index contributed by atoms with van der Waals surface area (Å²) >= 11 is 0. The Morgan fingerprint density at radius 3 is 2.52 bits per heavy atom. The summed E-state index contributed by atoms with van der Waals surface area (Å²) < 4.78 is 5.43. The van der Waals surface area contributed by atoms with Gasteiger partial charge in [-0.15, -0.1) is 0 Å². The summed E-state index contributed by atoms with van der Waals surface area (Å²) in [4.78, 5) is 27.9. The van der Waals surface area contributed by atoms with Crippen LogP contribution in [-0.2, 0) is 14.3 Å². The number of nitrogens with one attached hydrogen (secondary N) is 1. The van der Waals surface area contributed by atoms with Gasteiger partial charge in [-0.3, -0.25) is 9.79 Å². The minimum absolute atomic E-state index is 0.139. The van der Waals surface area contributed by atoms with E-state index in [9.17, 15) is 35.1 Å². The number of carbonyl (C=O) groups is 2. The second-order valence-corrected chi connectivity index (χ2v) is 6.84. The van der Waals surface area contributed by atoms with Crippen molar-refractivity contribution in [1.82, 2.24) is 10.2 Å². The molecule has 14 heteroatoms. The molecule has 2 aliphatic heterocycles. The maximum absolute atomic E-state index is 12.2. The van der Waals surface area contributed by atoms with Crippen molar-refractivity contribution in [1.29, 1.82) is 0 Å². The van der Waals surface area contributed by atoms with Crippen LogP contribution in [0.3, 0.4) is 0 Å². The smallest absolute Gasteiger partial charge is 0.240 e. The molecule has 2 rings (SSSR count). The van der Waals surface area contributed by atoms with Gasteiger partial charge < -0.3 is 61.9 Å². The van der Waals surface area contributed by atoms with Crippen molar-refractivity contribution >= 4 is 18.2 Å². The summed E-state index contributed by atoms with van der Waals surface area (Å²) in [7, 11) is 0. The van der Waals surface area contributed by atoms with Crippen molar-refractivity contribution in [2.75, 3.05) is 19.8 Å². The van der Waals surface area contributed by atoms with Crippen molar-refractivity contribution in [3.05, 3.63) is 0 Å². The molecule has 0 saturated carbocycles. The normalized spacial score (nSPS) is 35.6. The van der Waals surface area contributed by atoms with Gasteiger partial charge in [0.25, 0.3) is 0 Å². The lowest BCUT2D eigenvalue weighted by Gasteiger charge is -2.46. The summed E-state index contributed by atoms with van der Waals surface area (Å²) in [5, 5.41) is 61.2. The molecule has 1 fully saturated rings. The monoisotopic (exact) mass is 421 g/mol. The first kappa shape index (κ1) is 23.4. The molecule has 2 aliphatic rings. The lowest BCUT2D eigenvalue weighted by molar-refractivity contribution is -0.260. The number of nitrogens with two attached hydrogens (primary N) is 2. The molecule has 2 heterocycles. The minimum Gasteiger partial charge on any atom is -0.394 e. The molecule has 166 valence electrons. The van der Waals surface area contributed by atoms with E-state index in [0.29, 0.717) is 6.29 Å². The lowest BCUT2D eigenvalue weighted by Crippen LogP contribution is -2.68. The molecule has 0 radical (unpaired) electrons. The number of rotatable bonds is 8. The van der Waals surface area contributed by atoms with Crippen LogP contribution in [0.2, 0.25) is 0 Å². The van der Waals surface area contributed by atoms with Crippen LogP contribution < -0.4 is 16.8 Å². The molecule has 9 atom stereocenters. The topological polar surface area (TPSA) is 244 Å². The first-order chi connectivity index (χ1) is 13.7. The highest BCUT2D eigenvalue weighted by atomic mass is 16.6. The van der Waals surface area contributed by atoms with E-state index >= 15 is 0 Å². The number of amides is 1. The third kappa shape index (κ3) is 4.65. The zero-order chi connectivity index (χ0) is 21.9. The molecule has 0 aromatic heterocycles. The molecular weight excluding hydrogens is 394 g/mol. The van der Waals surface area contributed by atoms with Gasteiger partial charge in [-0.2, -0.15) is 0 Å². The predicted molar refractivity (Wildman–Crippen MR) is 94.9 cm³/mol. The average molecular weight is 421 g/mol.